The average molecular weight is 298 g/mol. The Labute approximate surface area is 128 Å². The lowest BCUT2D eigenvalue weighted by Gasteiger charge is -2.20. The van der Waals surface area contributed by atoms with E-state index in [1.807, 2.05) is 42.5 Å². The molecular weight excluding hydrogens is 280 g/mol. The van der Waals surface area contributed by atoms with Crippen LogP contribution >= 0.6 is 0 Å². The first-order valence-electron chi connectivity index (χ1n) is 7.39. The van der Waals surface area contributed by atoms with E-state index >= 15 is 0 Å². The summed E-state index contributed by atoms with van der Waals surface area (Å²) in [6.45, 7) is 0.764. The number of nitrogens with one attached hydrogen (secondary N) is 1. The van der Waals surface area contributed by atoms with Crippen LogP contribution in [-0.4, -0.2) is 41.0 Å². The van der Waals surface area contributed by atoms with Gasteiger partial charge in [0.25, 0.3) is 0 Å². The molecule has 3 rings (SSSR count). The Morgan fingerprint density at radius 2 is 1.95 bits per heavy atom. The van der Waals surface area contributed by atoms with Gasteiger partial charge in [0.2, 0.25) is 5.91 Å². The van der Waals surface area contributed by atoms with Crippen LogP contribution in [0.5, 0.6) is 0 Å². The highest BCUT2D eigenvalue weighted by atomic mass is 16.4. The van der Waals surface area contributed by atoms with E-state index in [-0.39, 0.29) is 12.5 Å². The van der Waals surface area contributed by atoms with Crippen molar-refractivity contribution in [2.24, 2.45) is 0 Å². The lowest BCUT2D eigenvalue weighted by molar-refractivity contribution is -0.142. The summed E-state index contributed by atoms with van der Waals surface area (Å²) in [6, 6.07) is 13.0. The van der Waals surface area contributed by atoms with E-state index in [1.165, 1.54) is 0 Å². The van der Waals surface area contributed by atoms with Gasteiger partial charge in [0.1, 0.15) is 6.04 Å². The normalized spacial score (nSPS) is 18.5. The van der Waals surface area contributed by atoms with Crippen LogP contribution in [0.2, 0.25) is 0 Å². The van der Waals surface area contributed by atoms with E-state index in [9.17, 15) is 9.59 Å². The molecule has 0 aliphatic carbocycles. The zero-order valence-electron chi connectivity index (χ0n) is 12.2. The number of carboxylic acids is 1. The van der Waals surface area contributed by atoms with E-state index in [4.69, 9.17) is 5.11 Å². The number of likely N-dealkylation sites (tertiary alicyclic amines) is 1. The number of fused-ring (bicyclic) bond motifs is 1. The van der Waals surface area contributed by atoms with Crippen LogP contribution in [0.3, 0.4) is 0 Å². The molecular formula is C17H18N2O3. The molecule has 1 aliphatic rings. The Kier molecular flexibility index (Phi) is 4.06. The van der Waals surface area contributed by atoms with Gasteiger partial charge in [0.15, 0.2) is 0 Å². The van der Waals surface area contributed by atoms with Gasteiger partial charge in [0.05, 0.1) is 6.54 Å². The van der Waals surface area contributed by atoms with E-state index in [0.29, 0.717) is 13.0 Å². The van der Waals surface area contributed by atoms with Gasteiger partial charge < -0.3 is 10.4 Å². The number of rotatable bonds is 4. The first-order valence-corrected chi connectivity index (χ1v) is 7.39. The van der Waals surface area contributed by atoms with Crippen molar-refractivity contribution in [3.63, 3.8) is 0 Å². The average Bonchev–Trinajstić information content (AvgIpc) is 2.96. The number of aliphatic carboxylic acids is 1. The standard InChI is InChI=1S/C17H18N2O3/c20-16(11-19-10-4-9-15(19)17(21)22)18-14-8-3-6-12-5-1-2-7-13(12)14/h1-3,5-8,15H,4,9-11H2,(H,18,20)(H,21,22)/t15-/m0/s1. The van der Waals surface area contributed by atoms with Crippen molar-refractivity contribution in [3.8, 4) is 0 Å². The van der Waals surface area contributed by atoms with Crippen LogP contribution in [0.4, 0.5) is 5.69 Å². The molecule has 1 amide bonds. The highest BCUT2D eigenvalue weighted by Gasteiger charge is 2.31. The molecule has 0 bridgehead atoms. The number of carbonyl (C=O) groups is 2. The van der Waals surface area contributed by atoms with Crippen LogP contribution in [0, 0.1) is 0 Å². The van der Waals surface area contributed by atoms with E-state index < -0.39 is 12.0 Å². The van der Waals surface area contributed by atoms with Crippen LogP contribution < -0.4 is 5.32 Å². The monoisotopic (exact) mass is 298 g/mol. The van der Waals surface area contributed by atoms with E-state index in [2.05, 4.69) is 5.32 Å². The van der Waals surface area contributed by atoms with Gasteiger partial charge in [-0.1, -0.05) is 36.4 Å². The Morgan fingerprint density at radius 3 is 2.77 bits per heavy atom. The molecule has 0 unspecified atom stereocenters. The molecule has 0 spiro atoms. The second kappa shape index (κ2) is 6.15. The van der Waals surface area contributed by atoms with Gasteiger partial charge in [0, 0.05) is 11.1 Å². The number of benzene rings is 2. The summed E-state index contributed by atoms with van der Waals surface area (Å²) in [7, 11) is 0. The Hall–Kier alpha value is -2.40. The molecule has 1 aliphatic heterocycles. The van der Waals surface area contributed by atoms with Crippen LogP contribution in [-0.2, 0) is 9.59 Å². The Bertz CT molecular complexity index is 709. The fraction of sp³-hybridized carbons (Fsp3) is 0.294. The first kappa shape index (κ1) is 14.5. The Balaban J connectivity index is 1.72. The summed E-state index contributed by atoms with van der Waals surface area (Å²) in [5, 5.41) is 14.1. The maximum absolute atomic E-state index is 12.2. The van der Waals surface area contributed by atoms with Crippen molar-refractivity contribution >= 4 is 28.3 Å². The van der Waals surface area contributed by atoms with Gasteiger partial charge >= 0.3 is 5.97 Å². The fourth-order valence-corrected chi connectivity index (χ4v) is 3.00. The summed E-state index contributed by atoms with van der Waals surface area (Å²) in [5.74, 6) is -1.03. The third-order valence-electron chi connectivity index (χ3n) is 4.06. The molecule has 0 saturated carbocycles. The molecule has 1 fully saturated rings. The van der Waals surface area contributed by atoms with Crippen LogP contribution in [0.25, 0.3) is 10.8 Å². The highest BCUT2D eigenvalue weighted by molar-refractivity contribution is 6.02. The van der Waals surface area contributed by atoms with Crippen molar-refractivity contribution in [1.29, 1.82) is 0 Å². The maximum Gasteiger partial charge on any atom is 0.320 e. The van der Waals surface area contributed by atoms with Gasteiger partial charge in [-0.25, -0.2) is 0 Å². The van der Waals surface area contributed by atoms with E-state index in [1.54, 1.807) is 4.90 Å². The lowest BCUT2D eigenvalue weighted by atomic mass is 10.1. The van der Waals surface area contributed by atoms with Crippen molar-refractivity contribution < 1.29 is 14.7 Å². The van der Waals surface area contributed by atoms with Gasteiger partial charge in [-0.15, -0.1) is 0 Å². The predicted molar refractivity (Wildman–Crippen MR) is 84.8 cm³/mol. The largest absolute Gasteiger partial charge is 0.480 e. The zero-order chi connectivity index (χ0) is 15.5. The second-order valence-electron chi connectivity index (χ2n) is 5.54. The quantitative estimate of drug-likeness (QED) is 0.909. The minimum absolute atomic E-state index is 0.111. The molecule has 2 aromatic carbocycles. The predicted octanol–water partition coefficient (Wildman–Crippen LogP) is 2.33. The molecule has 1 saturated heterocycles. The van der Waals surface area contributed by atoms with Crippen molar-refractivity contribution in [1.82, 2.24) is 4.90 Å². The summed E-state index contributed by atoms with van der Waals surface area (Å²) < 4.78 is 0. The molecule has 2 N–H and O–H groups in total. The topological polar surface area (TPSA) is 69.6 Å². The number of carboxylic acid groups (broad SMARTS) is 1. The number of amides is 1. The lowest BCUT2D eigenvalue weighted by Crippen LogP contribution is -2.40. The molecule has 5 heteroatoms. The van der Waals surface area contributed by atoms with Crippen LogP contribution in [0.1, 0.15) is 12.8 Å². The van der Waals surface area contributed by atoms with Gasteiger partial charge in [-0.3, -0.25) is 14.5 Å². The Morgan fingerprint density at radius 1 is 1.18 bits per heavy atom. The molecule has 22 heavy (non-hydrogen) atoms. The molecule has 0 radical (unpaired) electrons. The first-order chi connectivity index (χ1) is 10.6. The third-order valence-corrected chi connectivity index (χ3v) is 4.06. The number of carbonyl (C=O) groups excluding carboxylic acids is 1. The zero-order valence-corrected chi connectivity index (χ0v) is 12.2. The maximum atomic E-state index is 12.2. The molecule has 2 aromatic rings. The molecule has 1 heterocycles. The van der Waals surface area contributed by atoms with E-state index in [0.717, 1.165) is 22.9 Å². The minimum Gasteiger partial charge on any atom is -0.480 e. The third kappa shape index (κ3) is 2.94. The van der Waals surface area contributed by atoms with Crippen LogP contribution in [0.15, 0.2) is 42.5 Å². The number of anilines is 1. The van der Waals surface area contributed by atoms with Gasteiger partial charge in [-0.2, -0.15) is 0 Å². The number of nitrogens with zero attached hydrogens (tertiary/aromatic N) is 1. The SMILES string of the molecule is O=C(CN1CCC[C@H]1C(=O)O)Nc1cccc2ccccc12. The second-order valence-corrected chi connectivity index (χ2v) is 5.54. The molecule has 5 nitrogen and oxygen atoms in total. The highest BCUT2D eigenvalue weighted by Crippen LogP contribution is 2.23. The number of hydrogen-bond acceptors (Lipinski definition) is 3. The summed E-state index contributed by atoms with van der Waals surface area (Å²) in [6.07, 6.45) is 1.43. The van der Waals surface area contributed by atoms with Crippen molar-refractivity contribution in [2.45, 2.75) is 18.9 Å². The molecule has 114 valence electrons. The minimum atomic E-state index is -0.851. The number of hydrogen-bond donors (Lipinski definition) is 2. The molecule has 1 atom stereocenters. The summed E-state index contributed by atoms with van der Waals surface area (Å²) >= 11 is 0. The van der Waals surface area contributed by atoms with Crippen molar-refractivity contribution in [3.05, 3.63) is 42.5 Å². The van der Waals surface area contributed by atoms with Gasteiger partial charge in [-0.05, 0) is 30.8 Å². The smallest absolute Gasteiger partial charge is 0.320 e. The van der Waals surface area contributed by atoms with Crippen molar-refractivity contribution in [2.75, 3.05) is 18.4 Å². The summed E-state index contributed by atoms with van der Waals surface area (Å²) in [5.41, 5.74) is 0.758. The molecule has 0 aromatic heterocycles. The fourth-order valence-electron chi connectivity index (χ4n) is 3.00. The summed E-state index contributed by atoms with van der Waals surface area (Å²) in [4.78, 5) is 25.1.